The van der Waals surface area contributed by atoms with Gasteiger partial charge in [-0.15, -0.1) is 0 Å². The minimum Gasteiger partial charge on any atom is -0.425 e. The largest absolute Gasteiger partial charge is 0.425 e. The van der Waals surface area contributed by atoms with Crippen LogP contribution in [0, 0.1) is 5.92 Å². The summed E-state index contributed by atoms with van der Waals surface area (Å²) in [6, 6.07) is 0. The highest BCUT2D eigenvalue weighted by molar-refractivity contribution is 5.92. The number of hydrogen-bond acceptors (Lipinski definition) is 4. The van der Waals surface area contributed by atoms with Crippen LogP contribution >= 0.6 is 0 Å². The molecule has 3 rings (SSSR count). The highest BCUT2D eigenvalue weighted by atomic mass is 16.7. The summed E-state index contributed by atoms with van der Waals surface area (Å²) in [4.78, 5) is 11.7. The first kappa shape index (κ1) is 12.9. The number of carbonyl (C=O) groups excluding carboxylic acids is 1. The van der Waals surface area contributed by atoms with Crippen LogP contribution in [-0.2, 0) is 9.53 Å². The molecule has 4 heteroatoms. The molecule has 1 saturated carbocycles. The lowest BCUT2D eigenvalue weighted by Crippen LogP contribution is -2.34. The molecule has 0 spiro atoms. The number of ether oxygens (including phenoxy) is 1. The number of aliphatic hydroxyl groups is 2. The Bertz CT molecular complexity index is 526. The van der Waals surface area contributed by atoms with E-state index in [9.17, 15) is 15.0 Å². The lowest BCUT2D eigenvalue weighted by Gasteiger charge is -2.28. The maximum absolute atomic E-state index is 11.7. The molecule has 1 fully saturated rings. The van der Waals surface area contributed by atoms with E-state index in [1.165, 1.54) is 5.57 Å². The van der Waals surface area contributed by atoms with E-state index in [2.05, 4.69) is 0 Å². The van der Waals surface area contributed by atoms with E-state index in [0.29, 0.717) is 24.0 Å². The predicted molar refractivity (Wildman–Crippen MR) is 69.0 cm³/mol. The third-order valence-corrected chi connectivity index (χ3v) is 5.02. The zero-order valence-corrected chi connectivity index (χ0v) is 11.6. The zero-order valence-electron chi connectivity index (χ0n) is 11.6. The first-order chi connectivity index (χ1) is 8.74. The van der Waals surface area contributed by atoms with Crippen molar-refractivity contribution in [3.05, 3.63) is 22.3 Å². The van der Waals surface area contributed by atoms with E-state index in [4.69, 9.17) is 4.74 Å². The van der Waals surface area contributed by atoms with Gasteiger partial charge in [-0.2, -0.15) is 0 Å². The van der Waals surface area contributed by atoms with Crippen molar-refractivity contribution in [3.8, 4) is 0 Å². The van der Waals surface area contributed by atoms with Gasteiger partial charge in [-0.25, -0.2) is 4.79 Å². The second-order valence-corrected chi connectivity index (χ2v) is 6.37. The fraction of sp³-hybridized carbons (Fsp3) is 0.667. The van der Waals surface area contributed by atoms with Gasteiger partial charge in [-0.1, -0.05) is 11.1 Å². The number of carbonyl (C=O) groups is 1. The molecule has 104 valence electrons. The maximum Gasteiger partial charge on any atom is 0.336 e. The monoisotopic (exact) mass is 264 g/mol. The lowest BCUT2D eigenvalue weighted by molar-refractivity contribution is -0.181. The molecule has 0 aromatic rings. The van der Waals surface area contributed by atoms with Crippen molar-refractivity contribution in [1.29, 1.82) is 0 Å². The SMILES string of the molecule is CC1=C2CC[C@](C)(O)[C@H]2CC2=C(C)C(=O)O[C@@]2(O)C1. The molecule has 19 heavy (non-hydrogen) atoms. The van der Waals surface area contributed by atoms with Crippen LogP contribution in [0.1, 0.15) is 46.5 Å². The molecule has 0 amide bonds. The fourth-order valence-electron chi connectivity index (χ4n) is 3.81. The van der Waals surface area contributed by atoms with Crippen molar-refractivity contribution >= 4 is 5.97 Å². The van der Waals surface area contributed by atoms with E-state index < -0.39 is 17.4 Å². The van der Waals surface area contributed by atoms with Crippen LogP contribution in [0.3, 0.4) is 0 Å². The van der Waals surface area contributed by atoms with Crippen LogP contribution in [0.5, 0.6) is 0 Å². The van der Waals surface area contributed by atoms with Gasteiger partial charge in [0.2, 0.25) is 5.79 Å². The van der Waals surface area contributed by atoms with Crippen LogP contribution in [0.4, 0.5) is 0 Å². The second kappa shape index (κ2) is 3.70. The average molecular weight is 264 g/mol. The maximum atomic E-state index is 11.7. The van der Waals surface area contributed by atoms with Crippen molar-refractivity contribution in [2.75, 3.05) is 0 Å². The number of rotatable bonds is 0. The van der Waals surface area contributed by atoms with Crippen molar-refractivity contribution < 1.29 is 19.7 Å². The lowest BCUT2D eigenvalue weighted by atomic mass is 9.83. The average Bonchev–Trinajstić information content (AvgIpc) is 2.64. The molecule has 0 saturated heterocycles. The van der Waals surface area contributed by atoms with Crippen LogP contribution in [-0.4, -0.2) is 27.6 Å². The Kier molecular flexibility index (Phi) is 2.51. The third-order valence-electron chi connectivity index (χ3n) is 5.02. The number of esters is 1. The Morgan fingerprint density at radius 3 is 2.68 bits per heavy atom. The Hall–Kier alpha value is -1.13. The summed E-state index contributed by atoms with van der Waals surface area (Å²) >= 11 is 0. The summed E-state index contributed by atoms with van der Waals surface area (Å²) in [6.07, 6.45) is 2.44. The van der Waals surface area contributed by atoms with E-state index in [1.807, 2.05) is 13.8 Å². The molecular weight excluding hydrogens is 244 g/mol. The van der Waals surface area contributed by atoms with E-state index in [0.717, 1.165) is 18.4 Å². The molecule has 0 aromatic carbocycles. The molecule has 2 aliphatic carbocycles. The normalized spacial score (nSPS) is 42.2. The highest BCUT2D eigenvalue weighted by Gasteiger charge is 2.52. The van der Waals surface area contributed by atoms with E-state index in [1.54, 1.807) is 6.92 Å². The molecule has 4 nitrogen and oxygen atoms in total. The molecule has 0 radical (unpaired) electrons. The third kappa shape index (κ3) is 1.70. The molecule has 2 N–H and O–H groups in total. The molecule has 1 aliphatic heterocycles. The van der Waals surface area contributed by atoms with Crippen LogP contribution in [0.15, 0.2) is 22.3 Å². The first-order valence-electron chi connectivity index (χ1n) is 6.81. The van der Waals surface area contributed by atoms with Gasteiger partial charge >= 0.3 is 5.97 Å². The Morgan fingerprint density at radius 1 is 1.32 bits per heavy atom. The molecule has 0 bridgehead atoms. The molecule has 3 aliphatic rings. The topological polar surface area (TPSA) is 66.8 Å². The first-order valence-corrected chi connectivity index (χ1v) is 6.81. The quantitative estimate of drug-likeness (QED) is 0.517. The van der Waals surface area contributed by atoms with Crippen LogP contribution < -0.4 is 0 Å². The van der Waals surface area contributed by atoms with Gasteiger partial charge in [0.25, 0.3) is 0 Å². The van der Waals surface area contributed by atoms with Crippen LogP contribution in [0.2, 0.25) is 0 Å². The Morgan fingerprint density at radius 2 is 2.00 bits per heavy atom. The Labute approximate surface area is 112 Å². The van der Waals surface area contributed by atoms with Crippen LogP contribution in [0.25, 0.3) is 0 Å². The van der Waals surface area contributed by atoms with Crippen molar-refractivity contribution in [2.45, 2.75) is 57.8 Å². The van der Waals surface area contributed by atoms with Gasteiger partial charge in [0.1, 0.15) is 0 Å². The Balaban J connectivity index is 2.11. The summed E-state index contributed by atoms with van der Waals surface area (Å²) in [6.45, 7) is 5.50. The molecular formula is C15H20O4. The molecule has 1 heterocycles. The summed E-state index contributed by atoms with van der Waals surface area (Å²) < 4.78 is 5.18. The minimum absolute atomic E-state index is 0.0130. The summed E-state index contributed by atoms with van der Waals surface area (Å²) in [7, 11) is 0. The van der Waals surface area contributed by atoms with Crippen molar-refractivity contribution in [3.63, 3.8) is 0 Å². The van der Waals surface area contributed by atoms with Gasteiger partial charge in [-0.3, -0.25) is 0 Å². The van der Waals surface area contributed by atoms with Gasteiger partial charge in [0.05, 0.1) is 5.60 Å². The van der Waals surface area contributed by atoms with Gasteiger partial charge in [-0.05, 0) is 40.0 Å². The van der Waals surface area contributed by atoms with Gasteiger partial charge < -0.3 is 14.9 Å². The fourth-order valence-corrected chi connectivity index (χ4v) is 3.81. The smallest absolute Gasteiger partial charge is 0.336 e. The number of fused-ring (bicyclic) bond motifs is 2. The zero-order chi connectivity index (χ0) is 14.0. The minimum atomic E-state index is -1.49. The van der Waals surface area contributed by atoms with E-state index >= 15 is 0 Å². The standard InChI is InChI=1S/C15H20O4/c1-8-7-15(18)11(9(2)13(16)19-15)6-12-10(8)4-5-14(12,3)17/h12,17-18H,4-7H2,1-3H3/t12-,14-,15-/m0/s1. The molecule has 0 unspecified atom stereocenters. The summed E-state index contributed by atoms with van der Waals surface area (Å²) in [5, 5.41) is 21.1. The predicted octanol–water partition coefficient (Wildman–Crippen LogP) is 1.82. The second-order valence-electron chi connectivity index (χ2n) is 6.37. The van der Waals surface area contributed by atoms with E-state index in [-0.39, 0.29) is 5.92 Å². The van der Waals surface area contributed by atoms with Gasteiger partial charge in [0, 0.05) is 23.5 Å². The highest BCUT2D eigenvalue weighted by Crippen LogP contribution is 2.52. The molecule has 3 atom stereocenters. The summed E-state index contributed by atoms with van der Waals surface area (Å²) in [5.74, 6) is -1.94. The van der Waals surface area contributed by atoms with Crippen molar-refractivity contribution in [2.24, 2.45) is 5.92 Å². The summed E-state index contributed by atoms with van der Waals surface area (Å²) in [5.41, 5.74) is 2.66. The van der Waals surface area contributed by atoms with Crippen molar-refractivity contribution in [1.82, 2.24) is 0 Å². The van der Waals surface area contributed by atoms with Gasteiger partial charge in [0.15, 0.2) is 0 Å². The number of hydrogen-bond donors (Lipinski definition) is 2. The molecule has 0 aromatic heterocycles.